The van der Waals surface area contributed by atoms with E-state index in [0.717, 1.165) is 44.5 Å². The van der Waals surface area contributed by atoms with E-state index in [1.165, 1.54) is 17.3 Å². The van der Waals surface area contributed by atoms with Crippen molar-refractivity contribution >= 4 is 29.1 Å². The summed E-state index contributed by atoms with van der Waals surface area (Å²) < 4.78 is 5.44. The molecule has 0 spiro atoms. The molecule has 220 valence electrons. The molecule has 1 saturated heterocycles. The van der Waals surface area contributed by atoms with Crippen LogP contribution in [0.15, 0.2) is 59.0 Å². The van der Waals surface area contributed by atoms with Gasteiger partial charge in [0, 0.05) is 56.1 Å². The van der Waals surface area contributed by atoms with E-state index < -0.39 is 5.91 Å². The molecule has 0 radical (unpaired) electrons. The van der Waals surface area contributed by atoms with Gasteiger partial charge >= 0.3 is 0 Å². The Hall–Kier alpha value is -4.51. The van der Waals surface area contributed by atoms with Crippen LogP contribution < -0.4 is 15.5 Å². The van der Waals surface area contributed by atoms with Crippen molar-refractivity contribution in [3.63, 3.8) is 0 Å². The second kappa shape index (κ2) is 14.9. The number of furan rings is 1. The number of para-hydroxylation sites is 1. The van der Waals surface area contributed by atoms with E-state index in [0.29, 0.717) is 43.6 Å². The molecule has 1 aromatic heterocycles. The summed E-state index contributed by atoms with van der Waals surface area (Å²) in [5, 5.41) is 5.87. The lowest BCUT2D eigenvalue weighted by Crippen LogP contribution is -2.30. The van der Waals surface area contributed by atoms with Crippen LogP contribution in [0.5, 0.6) is 0 Å². The number of rotatable bonds is 14. The van der Waals surface area contributed by atoms with Crippen LogP contribution in [-0.2, 0) is 11.2 Å². The van der Waals surface area contributed by atoms with Gasteiger partial charge in [-0.25, -0.2) is 0 Å². The Bertz CT molecular complexity index is 1440. The molecule has 0 bridgehead atoms. The number of nitrogens with zero attached hydrogens (tertiary/aromatic N) is 2. The third kappa shape index (κ3) is 8.03. The summed E-state index contributed by atoms with van der Waals surface area (Å²) in [7, 11) is 0. The smallest absolute Gasteiger partial charge is 0.291 e. The van der Waals surface area contributed by atoms with Crippen molar-refractivity contribution in [3.05, 3.63) is 82.8 Å². The predicted molar refractivity (Wildman–Crippen MR) is 166 cm³/mol. The molecule has 1 aliphatic rings. The standard InChI is InChI=1S/C34H40N4O4/c1-4-20-37(30-13-7-6-11-25(30)3)21-8-12-26-15-16-27(33(40)35-19-10-23-38-22-9-14-32(38)39)24-29(26)36-34(41)31-18-17-28(5-2)42-31/h2,6-7,11,13,15-18,24H,4,8-10,12,14,19-23H2,1,3H3,(H,35,40)(H,36,41). The molecule has 42 heavy (non-hydrogen) atoms. The highest BCUT2D eigenvalue weighted by Crippen LogP contribution is 2.24. The number of carbonyl (C=O) groups is 3. The van der Waals surface area contributed by atoms with Gasteiger partial charge in [0.15, 0.2) is 11.5 Å². The topological polar surface area (TPSA) is 94.9 Å². The van der Waals surface area contributed by atoms with Crippen LogP contribution in [0, 0.1) is 19.3 Å². The van der Waals surface area contributed by atoms with E-state index in [2.05, 4.69) is 59.6 Å². The van der Waals surface area contributed by atoms with Gasteiger partial charge in [-0.3, -0.25) is 14.4 Å². The normalized spacial score (nSPS) is 12.7. The van der Waals surface area contributed by atoms with E-state index in [1.807, 2.05) is 11.0 Å². The van der Waals surface area contributed by atoms with E-state index in [9.17, 15) is 14.4 Å². The van der Waals surface area contributed by atoms with E-state index in [-0.39, 0.29) is 23.3 Å². The van der Waals surface area contributed by atoms with Crippen molar-refractivity contribution in [1.82, 2.24) is 10.2 Å². The van der Waals surface area contributed by atoms with E-state index in [1.54, 1.807) is 18.2 Å². The van der Waals surface area contributed by atoms with Crippen molar-refractivity contribution < 1.29 is 18.8 Å². The summed E-state index contributed by atoms with van der Waals surface area (Å²) in [5.41, 5.74) is 4.41. The predicted octanol–water partition coefficient (Wildman–Crippen LogP) is 5.41. The number of anilines is 2. The molecule has 0 atom stereocenters. The van der Waals surface area contributed by atoms with Crippen LogP contribution in [0.1, 0.15) is 76.8 Å². The van der Waals surface area contributed by atoms with Crippen molar-refractivity contribution in [1.29, 1.82) is 0 Å². The summed E-state index contributed by atoms with van der Waals surface area (Å²) >= 11 is 0. The van der Waals surface area contributed by atoms with Crippen LogP contribution in [0.3, 0.4) is 0 Å². The third-order valence-electron chi connectivity index (χ3n) is 7.48. The summed E-state index contributed by atoms with van der Waals surface area (Å²) in [6.45, 7) is 8.00. The highest BCUT2D eigenvalue weighted by Gasteiger charge is 2.20. The number of hydrogen-bond acceptors (Lipinski definition) is 5. The minimum atomic E-state index is -0.432. The molecule has 3 amide bonds. The van der Waals surface area contributed by atoms with Gasteiger partial charge in [0.2, 0.25) is 5.91 Å². The van der Waals surface area contributed by atoms with Gasteiger partial charge < -0.3 is 24.9 Å². The minimum absolute atomic E-state index is 0.105. The quantitative estimate of drug-likeness (QED) is 0.200. The molecule has 1 aliphatic heterocycles. The van der Waals surface area contributed by atoms with Crippen LogP contribution in [0.4, 0.5) is 11.4 Å². The number of aryl methyl sites for hydroxylation is 2. The zero-order valence-corrected chi connectivity index (χ0v) is 24.6. The molecular formula is C34H40N4O4. The van der Waals surface area contributed by atoms with E-state index >= 15 is 0 Å². The number of nitrogens with one attached hydrogen (secondary N) is 2. The Morgan fingerprint density at radius 2 is 1.90 bits per heavy atom. The van der Waals surface area contributed by atoms with Gasteiger partial charge in [-0.05, 0) is 86.4 Å². The number of hydrogen-bond donors (Lipinski definition) is 2. The average Bonchev–Trinajstić information content (AvgIpc) is 3.65. The molecule has 0 aliphatic carbocycles. The summed E-state index contributed by atoms with van der Waals surface area (Å²) in [5.74, 6) is 2.28. The first kappa shape index (κ1) is 30.4. The monoisotopic (exact) mass is 568 g/mol. The first-order chi connectivity index (χ1) is 20.4. The van der Waals surface area contributed by atoms with Crippen molar-refractivity contribution in [2.24, 2.45) is 0 Å². The number of carbonyl (C=O) groups excluding carboxylic acids is 3. The maximum atomic E-state index is 13.0. The van der Waals surface area contributed by atoms with Gasteiger partial charge in [0.05, 0.1) is 0 Å². The lowest BCUT2D eigenvalue weighted by molar-refractivity contribution is -0.127. The fourth-order valence-electron chi connectivity index (χ4n) is 5.29. The molecule has 1 fully saturated rings. The number of likely N-dealkylation sites (tertiary alicyclic amines) is 1. The SMILES string of the molecule is C#Cc1ccc(C(=O)Nc2cc(C(=O)NCCCN3CCCC3=O)ccc2CCCN(CCC)c2ccccc2C)o1. The Morgan fingerprint density at radius 1 is 1.07 bits per heavy atom. The summed E-state index contributed by atoms with van der Waals surface area (Å²) in [6.07, 6.45) is 10.2. The zero-order chi connectivity index (χ0) is 29.9. The molecule has 2 heterocycles. The molecule has 0 saturated carbocycles. The van der Waals surface area contributed by atoms with Crippen molar-refractivity contribution in [3.8, 4) is 12.3 Å². The average molecular weight is 569 g/mol. The van der Waals surface area contributed by atoms with Gasteiger partial charge in [0.1, 0.15) is 0 Å². The van der Waals surface area contributed by atoms with Crippen molar-refractivity contribution in [2.45, 2.75) is 52.4 Å². The van der Waals surface area contributed by atoms with Gasteiger partial charge in [-0.2, -0.15) is 0 Å². The fourth-order valence-corrected chi connectivity index (χ4v) is 5.29. The highest BCUT2D eigenvalue weighted by atomic mass is 16.3. The second-order valence-corrected chi connectivity index (χ2v) is 10.6. The highest BCUT2D eigenvalue weighted by molar-refractivity contribution is 6.04. The minimum Gasteiger partial charge on any atom is -0.443 e. The molecule has 8 heteroatoms. The molecule has 2 aromatic carbocycles. The maximum Gasteiger partial charge on any atom is 0.291 e. The van der Waals surface area contributed by atoms with Gasteiger partial charge in [0.25, 0.3) is 11.8 Å². The maximum absolute atomic E-state index is 13.0. The number of amides is 3. The molecule has 4 rings (SSSR count). The lowest BCUT2D eigenvalue weighted by Gasteiger charge is -2.26. The van der Waals surface area contributed by atoms with Crippen molar-refractivity contribution in [2.75, 3.05) is 42.9 Å². The van der Waals surface area contributed by atoms with Crippen LogP contribution >= 0.6 is 0 Å². The van der Waals surface area contributed by atoms with Gasteiger partial charge in [-0.1, -0.05) is 31.2 Å². The number of benzene rings is 2. The first-order valence-corrected chi connectivity index (χ1v) is 14.8. The largest absolute Gasteiger partial charge is 0.443 e. The lowest BCUT2D eigenvalue weighted by atomic mass is 10.0. The van der Waals surface area contributed by atoms with Crippen LogP contribution in [0.2, 0.25) is 0 Å². The Labute approximate surface area is 248 Å². The van der Waals surface area contributed by atoms with Gasteiger partial charge in [-0.15, -0.1) is 6.42 Å². The third-order valence-corrected chi connectivity index (χ3v) is 7.48. The summed E-state index contributed by atoms with van der Waals surface area (Å²) in [6, 6.07) is 16.9. The Balaban J connectivity index is 1.44. The Morgan fingerprint density at radius 3 is 2.62 bits per heavy atom. The Kier molecular flexibility index (Phi) is 10.8. The van der Waals surface area contributed by atoms with Crippen LogP contribution in [-0.4, -0.2) is 55.3 Å². The fraction of sp³-hybridized carbons (Fsp3) is 0.382. The number of terminal acetylenes is 1. The zero-order valence-electron chi connectivity index (χ0n) is 24.6. The molecule has 0 unspecified atom stereocenters. The van der Waals surface area contributed by atoms with E-state index in [4.69, 9.17) is 10.8 Å². The molecule has 8 nitrogen and oxygen atoms in total. The first-order valence-electron chi connectivity index (χ1n) is 14.8. The van der Waals surface area contributed by atoms with Crippen LogP contribution in [0.25, 0.3) is 0 Å². The molecule has 3 aromatic rings. The second-order valence-electron chi connectivity index (χ2n) is 10.6. The summed E-state index contributed by atoms with van der Waals surface area (Å²) in [4.78, 5) is 42.1. The molecule has 2 N–H and O–H groups in total. The molecular weight excluding hydrogens is 528 g/mol.